The molecule has 0 saturated carbocycles. The van der Waals surface area contributed by atoms with Crippen LogP contribution in [0.3, 0.4) is 0 Å². The Balaban J connectivity index is 2.07. The van der Waals surface area contributed by atoms with Gasteiger partial charge in [-0.05, 0) is 29.8 Å². The lowest BCUT2D eigenvalue weighted by atomic mass is 10.1. The maximum atomic E-state index is 12.9. The van der Waals surface area contributed by atoms with Crippen molar-refractivity contribution in [3.05, 3.63) is 78.1 Å². The lowest BCUT2D eigenvalue weighted by Crippen LogP contribution is -2.25. The minimum absolute atomic E-state index is 0.100. The molecular weight excluding hydrogens is 295 g/mol. The Hall–Kier alpha value is -2.95. The van der Waals surface area contributed by atoms with Gasteiger partial charge in [-0.1, -0.05) is 30.3 Å². The van der Waals surface area contributed by atoms with E-state index in [4.69, 9.17) is 0 Å². The minimum Gasteiger partial charge on any atom is -0.349 e. The normalized spacial score (nSPS) is 9.96. The van der Waals surface area contributed by atoms with Crippen molar-refractivity contribution in [3.63, 3.8) is 0 Å². The Morgan fingerprint density at radius 1 is 1.09 bits per heavy atom. The van der Waals surface area contributed by atoms with E-state index in [1.807, 2.05) is 0 Å². The van der Waals surface area contributed by atoms with Gasteiger partial charge in [-0.2, -0.15) is 0 Å². The number of nitrogens with one attached hydrogen (secondary N) is 2. The zero-order valence-corrected chi connectivity index (χ0v) is 12.5. The van der Waals surface area contributed by atoms with Gasteiger partial charge >= 0.3 is 0 Å². The molecule has 118 valence electrons. The third-order valence-corrected chi connectivity index (χ3v) is 3.13. The van der Waals surface area contributed by atoms with Crippen molar-refractivity contribution in [2.24, 2.45) is 0 Å². The van der Waals surface area contributed by atoms with Gasteiger partial charge in [0.25, 0.3) is 5.91 Å². The highest BCUT2D eigenvalue weighted by Gasteiger charge is 2.12. The molecule has 0 fully saturated rings. The average molecular weight is 312 g/mol. The molecule has 0 aliphatic carbocycles. The number of benzene rings is 2. The molecular formula is C18H17FN2O2. The van der Waals surface area contributed by atoms with Crippen LogP contribution in [0, 0.1) is 5.82 Å². The first-order chi connectivity index (χ1) is 11.1. The number of halogens is 1. The van der Waals surface area contributed by atoms with Crippen LogP contribution in [0.2, 0.25) is 0 Å². The largest absolute Gasteiger partial charge is 0.349 e. The summed E-state index contributed by atoms with van der Waals surface area (Å²) in [6.07, 6.45) is 1.68. The van der Waals surface area contributed by atoms with Crippen LogP contribution in [0.4, 0.5) is 10.1 Å². The van der Waals surface area contributed by atoms with E-state index in [0.717, 1.165) is 0 Å². The molecule has 2 rings (SSSR count). The lowest BCUT2D eigenvalue weighted by molar-refractivity contribution is -0.115. The summed E-state index contributed by atoms with van der Waals surface area (Å²) in [6, 6.07) is 12.5. The van der Waals surface area contributed by atoms with E-state index in [0.29, 0.717) is 23.4 Å². The van der Waals surface area contributed by atoms with Gasteiger partial charge < -0.3 is 10.6 Å². The van der Waals surface area contributed by atoms with E-state index in [2.05, 4.69) is 17.2 Å². The summed E-state index contributed by atoms with van der Waals surface area (Å²) in [5.74, 6) is -0.915. The van der Waals surface area contributed by atoms with Crippen LogP contribution in [-0.2, 0) is 11.2 Å². The molecule has 4 nitrogen and oxygen atoms in total. The third-order valence-electron chi connectivity index (χ3n) is 3.13. The highest BCUT2D eigenvalue weighted by molar-refractivity contribution is 6.04. The Morgan fingerprint density at radius 3 is 2.48 bits per heavy atom. The number of rotatable bonds is 6. The topological polar surface area (TPSA) is 58.2 Å². The summed E-state index contributed by atoms with van der Waals surface area (Å²) in [5, 5.41) is 5.38. The second-order valence-electron chi connectivity index (χ2n) is 4.90. The summed E-state index contributed by atoms with van der Waals surface area (Å²) in [6.45, 7) is 3.88. The molecule has 23 heavy (non-hydrogen) atoms. The van der Waals surface area contributed by atoms with Crippen LogP contribution < -0.4 is 10.6 Å². The van der Waals surface area contributed by atoms with Gasteiger partial charge in [0.15, 0.2) is 0 Å². The standard InChI is InChI=1S/C18H17FN2O2/c1-2-11-20-18(23)15-5-3-4-6-16(15)21-17(22)12-13-7-9-14(19)10-8-13/h2-10H,1,11-12H2,(H,20,23)(H,21,22). The van der Waals surface area contributed by atoms with Gasteiger partial charge in [0.2, 0.25) is 5.91 Å². The van der Waals surface area contributed by atoms with Crippen molar-refractivity contribution in [1.82, 2.24) is 5.32 Å². The Bertz CT molecular complexity index is 711. The predicted molar refractivity (Wildman–Crippen MR) is 87.7 cm³/mol. The third kappa shape index (κ3) is 4.78. The number of anilines is 1. The van der Waals surface area contributed by atoms with Gasteiger partial charge in [-0.3, -0.25) is 9.59 Å². The monoisotopic (exact) mass is 312 g/mol. The van der Waals surface area contributed by atoms with Crippen molar-refractivity contribution in [2.45, 2.75) is 6.42 Å². The SMILES string of the molecule is C=CCNC(=O)c1ccccc1NC(=O)Cc1ccc(F)cc1. The summed E-state index contributed by atoms with van der Waals surface area (Å²) in [4.78, 5) is 24.2. The van der Waals surface area contributed by atoms with Crippen molar-refractivity contribution in [3.8, 4) is 0 Å². The van der Waals surface area contributed by atoms with Gasteiger partial charge in [0, 0.05) is 6.54 Å². The molecule has 0 atom stereocenters. The van der Waals surface area contributed by atoms with E-state index < -0.39 is 0 Å². The maximum Gasteiger partial charge on any atom is 0.253 e. The molecule has 0 saturated heterocycles. The summed E-state index contributed by atoms with van der Waals surface area (Å²) in [7, 11) is 0. The van der Waals surface area contributed by atoms with Crippen LogP contribution in [0.15, 0.2) is 61.2 Å². The average Bonchev–Trinajstić information content (AvgIpc) is 2.55. The number of hydrogen-bond acceptors (Lipinski definition) is 2. The molecule has 2 aromatic carbocycles. The first-order valence-corrected chi connectivity index (χ1v) is 7.12. The molecule has 0 heterocycles. The van der Waals surface area contributed by atoms with Crippen LogP contribution in [-0.4, -0.2) is 18.4 Å². The zero-order chi connectivity index (χ0) is 16.7. The zero-order valence-electron chi connectivity index (χ0n) is 12.5. The van der Waals surface area contributed by atoms with Crippen molar-refractivity contribution in [2.75, 3.05) is 11.9 Å². The summed E-state index contributed by atoms with van der Waals surface area (Å²) < 4.78 is 12.9. The molecule has 0 spiro atoms. The highest BCUT2D eigenvalue weighted by Crippen LogP contribution is 2.15. The van der Waals surface area contributed by atoms with Crippen molar-refractivity contribution < 1.29 is 14.0 Å². The second kappa shape index (κ2) is 7.89. The van der Waals surface area contributed by atoms with E-state index >= 15 is 0 Å². The second-order valence-corrected chi connectivity index (χ2v) is 4.90. The molecule has 5 heteroatoms. The van der Waals surface area contributed by atoms with Crippen molar-refractivity contribution in [1.29, 1.82) is 0 Å². The fourth-order valence-electron chi connectivity index (χ4n) is 2.03. The fourth-order valence-corrected chi connectivity index (χ4v) is 2.03. The van der Waals surface area contributed by atoms with Crippen molar-refractivity contribution >= 4 is 17.5 Å². The maximum absolute atomic E-state index is 12.9. The Morgan fingerprint density at radius 2 is 1.78 bits per heavy atom. The molecule has 0 unspecified atom stereocenters. The van der Waals surface area contributed by atoms with E-state index in [9.17, 15) is 14.0 Å². The minimum atomic E-state index is -0.349. The van der Waals surface area contributed by atoms with Crippen LogP contribution in [0.25, 0.3) is 0 Å². The fraction of sp³-hybridized carbons (Fsp3) is 0.111. The predicted octanol–water partition coefficient (Wildman–Crippen LogP) is 2.92. The lowest BCUT2D eigenvalue weighted by Gasteiger charge is -2.11. The Kier molecular flexibility index (Phi) is 5.63. The van der Waals surface area contributed by atoms with E-state index in [1.54, 1.807) is 42.5 Å². The first-order valence-electron chi connectivity index (χ1n) is 7.12. The van der Waals surface area contributed by atoms with Gasteiger partial charge in [0.05, 0.1) is 17.7 Å². The van der Waals surface area contributed by atoms with Crippen LogP contribution in [0.1, 0.15) is 15.9 Å². The number of hydrogen-bond donors (Lipinski definition) is 2. The molecule has 2 aromatic rings. The van der Waals surface area contributed by atoms with E-state index in [1.165, 1.54) is 12.1 Å². The highest BCUT2D eigenvalue weighted by atomic mass is 19.1. The molecule has 0 aromatic heterocycles. The van der Waals surface area contributed by atoms with E-state index in [-0.39, 0.29) is 24.1 Å². The quantitative estimate of drug-likeness (QED) is 0.806. The van der Waals surface area contributed by atoms with Gasteiger partial charge in [-0.25, -0.2) is 4.39 Å². The molecule has 0 aliphatic heterocycles. The number of para-hydroxylation sites is 1. The molecule has 2 amide bonds. The molecule has 0 aliphatic rings. The summed E-state index contributed by atoms with van der Waals surface area (Å²) >= 11 is 0. The first kappa shape index (κ1) is 16.4. The number of amides is 2. The number of carbonyl (C=O) groups excluding carboxylic acids is 2. The van der Waals surface area contributed by atoms with Gasteiger partial charge in [0.1, 0.15) is 5.82 Å². The van der Waals surface area contributed by atoms with Crippen LogP contribution >= 0.6 is 0 Å². The molecule has 2 N–H and O–H groups in total. The smallest absolute Gasteiger partial charge is 0.253 e. The number of carbonyl (C=O) groups is 2. The Labute approximate surface area is 134 Å². The van der Waals surface area contributed by atoms with Crippen LogP contribution in [0.5, 0.6) is 0 Å². The molecule has 0 radical (unpaired) electrons. The molecule has 0 bridgehead atoms. The van der Waals surface area contributed by atoms with Gasteiger partial charge in [-0.15, -0.1) is 6.58 Å². The summed E-state index contributed by atoms with van der Waals surface area (Å²) in [5.41, 5.74) is 1.50.